The number of carbonyl (C=O) groups is 1. The molecule has 2 N–H and O–H groups in total. The summed E-state index contributed by atoms with van der Waals surface area (Å²) in [5.41, 5.74) is 3.31. The summed E-state index contributed by atoms with van der Waals surface area (Å²) in [5.74, 6) is 0.0308. The van der Waals surface area contributed by atoms with Gasteiger partial charge in [0.25, 0.3) is 0 Å². The molecule has 112 valence electrons. The van der Waals surface area contributed by atoms with Gasteiger partial charge in [-0.25, -0.2) is 0 Å². The van der Waals surface area contributed by atoms with Crippen LogP contribution in [0.2, 0.25) is 5.02 Å². The lowest BCUT2D eigenvalue weighted by atomic mass is 10.1. The van der Waals surface area contributed by atoms with E-state index in [1.165, 1.54) is 10.9 Å². The normalized spacial score (nSPS) is 10.8. The Morgan fingerprint density at radius 2 is 1.82 bits per heavy atom. The van der Waals surface area contributed by atoms with Gasteiger partial charge in [0.05, 0.1) is 6.42 Å². The van der Waals surface area contributed by atoms with Crippen molar-refractivity contribution < 1.29 is 4.79 Å². The highest BCUT2D eigenvalue weighted by molar-refractivity contribution is 6.30. The molecule has 0 atom stereocenters. The Labute approximate surface area is 134 Å². The second-order valence-electron chi connectivity index (χ2n) is 5.30. The summed E-state index contributed by atoms with van der Waals surface area (Å²) in [7, 11) is 0. The number of hydrogen-bond acceptors (Lipinski definition) is 1. The first-order valence-electron chi connectivity index (χ1n) is 7.28. The van der Waals surface area contributed by atoms with Crippen LogP contribution in [-0.4, -0.2) is 17.4 Å². The number of rotatable bonds is 5. The highest BCUT2D eigenvalue weighted by atomic mass is 35.5. The van der Waals surface area contributed by atoms with Crippen LogP contribution < -0.4 is 5.32 Å². The van der Waals surface area contributed by atoms with Crippen LogP contribution in [0.5, 0.6) is 0 Å². The Morgan fingerprint density at radius 3 is 2.64 bits per heavy atom. The maximum Gasteiger partial charge on any atom is 0.224 e. The van der Waals surface area contributed by atoms with Gasteiger partial charge in [0.15, 0.2) is 0 Å². The third kappa shape index (κ3) is 3.68. The summed E-state index contributed by atoms with van der Waals surface area (Å²) in [6, 6.07) is 15.7. The van der Waals surface area contributed by atoms with Crippen LogP contribution in [-0.2, 0) is 17.6 Å². The van der Waals surface area contributed by atoms with E-state index in [2.05, 4.69) is 28.5 Å². The molecule has 0 spiro atoms. The van der Waals surface area contributed by atoms with E-state index in [1.54, 1.807) is 12.1 Å². The minimum absolute atomic E-state index is 0.0308. The van der Waals surface area contributed by atoms with Gasteiger partial charge in [0, 0.05) is 23.3 Å². The zero-order valence-corrected chi connectivity index (χ0v) is 12.9. The predicted molar refractivity (Wildman–Crippen MR) is 90.2 cm³/mol. The standard InChI is InChI=1S/C18H17ClN2O/c19-16-5-2-13(3-6-16)12-18(22)21-9-7-14-1-4-15-8-10-20-17(15)11-14/h1-6,8,10-11,20H,7,9,12H2,(H,21,22). The SMILES string of the molecule is O=C(Cc1ccc(Cl)cc1)NCCc1ccc2cc[nH]c2c1. The molecular weight excluding hydrogens is 296 g/mol. The summed E-state index contributed by atoms with van der Waals surface area (Å²) >= 11 is 5.83. The smallest absolute Gasteiger partial charge is 0.224 e. The van der Waals surface area contributed by atoms with Crippen LogP contribution in [0.4, 0.5) is 0 Å². The van der Waals surface area contributed by atoms with Crippen LogP contribution in [0.3, 0.4) is 0 Å². The average molecular weight is 313 g/mol. The molecule has 1 amide bonds. The van der Waals surface area contributed by atoms with Gasteiger partial charge in [-0.3, -0.25) is 4.79 Å². The fourth-order valence-electron chi connectivity index (χ4n) is 2.45. The summed E-state index contributed by atoms with van der Waals surface area (Å²) < 4.78 is 0. The molecule has 3 rings (SSSR count). The lowest BCUT2D eigenvalue weighted by Gasteiger charge is -2.06. The minimum Gasteiger partial charge on any atom is -0.361 e. The number of hydrogen-bond donors (Lipinski definition) is 2. The number of H-pyrrole nitrogens is 1. The van der Waals surface area contributed by atoms with E-state index in [4.69, 9.17) is 11.6 Å². The van der Waals surface area contributed by atoms with Crippen molar-refractivity contribution in [1.29, 1.82) is 0 Å². The number of benzene rings is 2. The van der Waals surface area contributed by atoms with Crippen molar-refractivity contribution in [1.82, 2.24) is 10.3 Å². The Balaban J connectivity index is 1.49. The highest BCUT2D eigenvalue weighted by Gasteiger charge is 2.03. The molecule has 0 unspecified atom stereocenters. The number of carbonyl (C=O) groups excluding carboxylic acids is 1. The van der Waals surface area contributed by atoms with Crippen LogP contribution >= 0.6 is 11.6 Å². The van der Waals surface area contributed by atoms with E-state index in [1.807, 2.05) is 24.4 Å². The molecular formula is C18H17ClN2O. The van der Waals surface area contributed by atoms with Gasteiger partial charge in [0.2, 0.25) is 5.91 Å². The van der Waals surface area contributed by atoms with Gasteiger partial charge in [-0.15, -0.1) is 0 Å². The van der Waals surface area contributed by atoms with Gasteiger partial charge in [-0.1, -0.05) is 35.9 Å². The molecule has 0 saturated carbocycles. The zero-order valence-electron chi connectivity index (χ0n) is 12.1. The van der Waals surface area contributed by atoms with E-state index >= 15 is 0 Å². The molecule has 22 heavy (non-hydrogen) atoms. The molecule has 1 aromatic heterocycles. The molecule has 3 nitrogen and oxygen atoms in total. The van der Waals surface area contributed by atoms with Crippen molar-refractivity contribution in [2.45, 2.75) is 12.8 Å². The van der Waals surface area contributed by atoms with Crippen LogP contribution in [0, 0.1) is 0 Å². The fourth-order valence-corrected chi connectivity index (χ4v) is 2.57. The molecule has 3 aromatic rings. The minimum atomic E-state index is 0.0308. The summed E-state index contributed by atoms with van der Waals surface area (Å²) in [6.07, 6.45) is 3.14. The molecule has 1 heterocycles. The van der Waals surface area contributed by atoms with E-state index in [9.17, 15) is 4.79 Å². The molecule has 0 saturated heterocycles. The second-order valence-corrected chi connectivity index (χ2v) is 5.74. The first kappa shape index (κ1) is 14.7. The van der Waals surface area contributed by atoms with Gasteiger partial charge < -0.3 is 10.3 Å². The van der Waals surface area contributed by atoms with E-state index in [-0.39, 0.29) is 5.91 Å². The van der Waals surface area contributed by atoms with E-state index in [0.717, 1.165) is 17.5 Å². The van der Waals surface area contributed by atoms with Crippen LogP contribution in [0.15, 0.2) is 54.7 Å². The summed E-state index contributed by atoms with van der Waals surface area (Å²) in [5, 5.41) is 4.84. The molecule has 0 fully saturated rings. The van der Waals surface area contributed by atoms with Crippen LogP contribution in [0.1, 0.15) is 11.1 Å². The van der Waals surface area contributed by atoms with E-state index < -0.39 is 0 Å². The van der Waals surface area contributed by atoms with E-state index in [0.29, 0.717) is 18.0 Å². The summed E-state index contributed by atoms with van der Waals surface area (Å²) in [6.45, 7) is 0.638. The first-order valence-corrected chi connectivity index (χ1v) is 7.66. The lowest BCUT2D eigenvalue weighted by Crippen LogP contribution is -2.27. The molecule has 0 aliphatic carbocycles. The average Bonchev–Trinajstić information content (AvgIpc) is 2.97. The largest absolute Gasteiger partial charge is 0.361 e. The molecule has 4 heteroatoms. The predicted octanol–water partition coefficient (Wildman–Crippen LogP) is 3.72. The second kappa shape index (κ2) is 6.67. The number of fused-ring (bicyclic) bond motifs is 1. The third-order valence-corrected chi connectivity index (χ3v) is 3.89. The molecule has 0 radical (unpaired) electrons. The van der Waals surface area contributed by atoms with Gasteiger partial charge >= 0.3 is 0 Å². The van der Waals surface area contributed by atoms with Crippen molar-refractivity contribution in [2.24, 2.45) is 0 Å². The van der Waals surface area contributed by atoms with Gasteiger partial charge in [-0.2, -0.15) is 0 Å². The number of amides is 1. The Morgan fingerprint density at radius 1 is 1.05 bits per heavy atom. The topological polar surface area (TPSA) is 44.9 Å². The Kier molecular flexibility index (Phi) is 4.45. The summed E-state index contributed by atoms with van der Waals surface area (Å²) in [4.78, 5) is 15.1. The monoisotopic (exact) mass is 312 g/mol. The number of nitrogens with one attached hydrogen (secondary N) is 2. The van der Waals surface area contributed by atoms with Crippen molar-refractivity contribution in [3.05, 3.63) is 70.9 Å². The third-order valence-electron chi connectivity index (χ3n) is 3.63. The maximum absolute atomic E-state index is 11.9. The number of aromatic amines is 1. The quantitative estimate of drug-likeness (QED) is 0.741. The Hall–Kier alpha value is -2.26. The first-order chi connectivity index (χ1) is 10.7. The van der Waals surface area contributed by atoms with Gasteiger partial charge in [0.1, 0.15) is 0 Å². The molecule has 0 aliphatic rings. The fraction of sp³-hybridized carbons (Fsp3) is 0.167. The van der Waals surface area contributed by atoms with Gasteiger partial charge in [-0.05, 0) is 47.2 Å². The van der Waals surface area contributed by atoms with Crippen LogP contribution in [0.25, 0.3) is 10.9 Å². The molecule has 0 aliphatic heterocycles. The molecule has 2 aromatic carbocycles. The number of halogens is 1. The van der Waals surface area contributed by atoms with Crippen molar-refractivity contribution in [3.63, 3.8) is 0 Å². The highest BCUT2D eigenvalue weighted by Crippen LogP contribution is 2.14. The van der Waals surface area contributed by atoms with Crippen molar-refractivity contribution >= 4 is 28.4 Å². The molecule has 0 bridgehead atoms. The zero-order chi connectivity index (χ0) is 15.4. The van der Waals surface area contributed by atoms with Crippen molar-refractivity contribution in [3.8, 4) is 0 Å². The van der Waals surface area contributed by atoms with Crippen molar-refractivity contribution in [2.75, 3.05) is 6.54 Å². The number of aromatic nitrogens is 1. The Bertz CT molecular complexity index is 777. The maximum atomic E-state index is 11.9. The lowest BCUT2D eigenvalue weighted by molar-refractivity contribution is -0.120.